The van der Waals surface area contributed by atoms with Crippen LogP contribution in [0.15, 0.2) is 29.2 Å². The number of anilines is 1. The lowest BCUT2D eigenvalue weighted by molar-refractivity contribution is -0.136. The molecule has 20 heavy (non-hydrogen) atoms. The van der Waals surface area contributed by atoms with Crippen molar-refractivity contribution in [3.05, 3.63) is 24.3 Å². The molecule has 4 nitrogen and oxygen atoms in total. The molecule has 0 fully saturated rings. The first-order valence-electron chi connectivity index (χ1n) is 6.78. The van der Waals surface area contributed by atoms with E-state index in [4.69, 9.17) is 5.11 Å². The van der Waals surface area contributed by atoms with E-state index >= 15 is 0 Å². The largest absolute Gasteiger partial charge is 0.480 e. The van der Waals surface area contributed by atoms with Crippen molar-refractivity contribution in [1.82, 2.24) is 0 Å². The van der Waals surface area contributed by atoms with Crippen molar-refractivity contribution in [3.8, 4) is 0 Å². The molecule has 2 atom stereocenters. The number of aliphatic carboxylic acids is 1. The predicted octanol–water partition coefficient (Wildman–Crippen LogP) is 3.63. The van der Waals surface area contributed by atoms with E-state index in [-0.39, 0.29) is 11.8 Å². The van der Waals surface area contributed by atoms with Crippen LogP contribution in [-0.2, 0) is 9.59 Å². The van der Waals surface area contributed by atoms with Crippen molar-refractivity contribution < 1.29 is 14.7 Å². The standard InChI is InChI=1S/C15H21NO3S/c1-4-10(3)14(17)16-11-8-6-7-9-13(11)20-12(5-2)15(18)19/h6-10,12H,4-5H2,1-3H3,(H,16,17)(H,18,19). The molecule has 0 aliphatic carbocycles. The summed E-state index contributed by atoms with van der Waals surface area (Å²) in [6.07, 6.45) is 1.31. The third-order valence-corrected chi connectivity index (χ3v) is 4.55. The Bertz CT molecular complexity index is 476. The Morgan fingerprint density at radius 1 is 1.25 bits per heavy atom. The number of nitrogens with one attached hydrogen (secondary N) is 1. The summed E-state index contributed by atoms with van der Waals surface area (Å²) in [5.74, 6) is -0.931. The number of hydrogen-bond acceptors (Lipinski definition) is 3. The van der Waals surface area contributed by atoms with Gasteiger partial charge in [0, 0.05) is 10.8 Å². The van der Waals surface area contributed by atoms with Gasteiger partial charge in [0.25, 0.3) is 0 Å². The van der Waals surface area contributed by atoms with Crippen molar-refractivity contribution >= 4 is 29.3 Å². The molecule has 0 saturated carbocycles. The van der Waals surface area contributed by atoms with Gasteiger partial charge in [-0.15, -0.1) is 11.8 Å². The Balaban J connectivity index is 2.88. The van der Waals surface area contributed by atoms with Gasteiger partial charge in [-0.2, -0.15) is 0 Å². The van der Waals surface area contributed by atoms with Crippen LogP contribution < -0.4 is 5.32 Å². The Labute approximate surface area is 124 Å². The third-order valence-electron chi connectivity index (χ3n) is 3.12. The van der Waals surface area contributed by atoms with Crippen molar-refractivity contribution in [1.29, 1.82) is 0 Å². The van der Waals surface area contributed by atoms with Crippen LogP contribution in [0.4, 0.5) is 5.69 Å². The quantitative estimate of drug-likeness (QED) is 0.754. The lowest BCUT2D eigenvalue weighted by Gasteiger charge is -2.15. The van der Waals surface area contributed by atoms with Crippen molar-refractivity contribution in [3.63, 3.8) is 0 Å². The molecule has 5 heteroatoms. The maximum atomic E-state index is 11.9. The predicted molar refractivity (Wildman–Crippen MR) is 82.1 cm³/mol. The van der Waals surface area contributed by atoms with Crippen LogP contribution >= 0.6 is 11.8 Å². The Hall–Kier alpha value is -1.49. The van der Waals surface area contributed by atoms with E-state index in [2.05, 4.69) is 5.32 Å². The minimum Gasteiger partial charge on any atom is -0.480 e. The van der Waals surface area contributed by atoms with Crippen LogP contribution in [-0.4, -0.2) is 22.2 Å². The highest BCUT2D eigenvalue weighted by atomic mass is 32.2. The van der Waals surface area contributed by atoms with Gasteiger partial charge in [0.2, 0.25) is 5.91 Å². The zero-order chi connectivity index (χ0) is 15.1. The summed E-state index contributed by atoms with van der Waals surface area (Å²) in [7, 11) is 0. The average molecular weight is 295 g/mol. The van der Waals surface area contributed by atoms with Crippen LogP contribution in [0.3, 0.4) is 0 Å². The summed E-state index contributed by atoms with van der Waals surface area (Å²) in [6, 6.07) is 7.31. The van der Waals surface area contributed by atoms with Crippen LogP contribution in [0.1, 0.15) is 33.6 Å². The van der Waals surface area contributed by atoms with Crippen LogP contribution in [0, 0.1) is 5.92 Å². The summed E-state index contributed by atoms with van der Waals surface area (Å²) in [4.78, 5) is 23.9. The number of carboxylic acids is 1. The number of carbonyl (C=O) groups is 2. The summed E-state index contributed by atoms with van der Waals surface area (Å²) in [6.45, 7) is 5.67. The van der Waals surface area contributed by atoms with Gasteiger partial charge >= 0.3 is 5.97 Å². The van der Waals surface area contributed by atoms with E-state index in [0.717, 1.165) is 11.3 Å². The topological polar surface area (TPSA) is 66.4 Å². The van der Waals surface area contributed by atoms with E-state index in [9.17, 15) is 9.59 Å². The van der Waals surface area contributed by atoms with E-state index in [1.807, 2.05) is 39.0 Å². The number of rotatable bonds is 7. The molecule has 0 spiro atoms. The van der Waals surface area contributed by atoms with Gasteiger partial charge in [0.15, 0.2) is 0 Å². The molecule has 1 amide bonds. The number of carbonyl (C=O) groups excluding carboxylic acids is 1. The fraction of sp³-hybridized carbons (Fsp3) is 0.467. The number of para-hydroxylation sites is 1. The number of thioether (sulfide) groups is 1. The molecule has 2 N–H and O–H groups in total. The van der Waals surface area contributed by atoms with Gasteiger partial charge < -0.3 is 10.4 Å². The van der Waals surface area contributed by atoms with Gasteiger partial charge in [0.1, 0.15) is 5.25 Å². The average Bonchev–Trinajstić information content (AvgIpc) is 2.44. The highest BCUT2D eigenvalue weighted by Gasteiger charge is 2.19. The Morgan fingerprint density at radius 2 is 1.90 bits per heavy atom. The SMILES string of the molecule is CCC(C)C(=O)Nc1ccccc1SC(CC)C(=O)O. The van der Waals surface area contributed by atoms with E-state index < -0.39 is 11.2 Å². The molecule has 0 aromatic heterocycles. The lowest BCUT2D eigenvalue weighted by Crippen LogP contribution is -2.20. The first kappa shape index (κ1) is 16.6. The molecule has 110 valence electrons. The molecule has 0 aliphatic rings. The molecule has 1 rings (SSSR count). The Kier molecular flexibility index (Phi) is 6.58. The second-order valence-electron chi connectivity index (χ2n) is 4.65. The Morgan fingerprint density at radius 3 is 2.45 bits per heavy atom. The highest BCUT2D eigenvalue weighted by Crippen LogP contribution is 2.32. The molecule has 1 aromatic rings. The fourth-order valence-corrected chi connectivity index (χ4v) is 2.55. The zero-order valence-electron chi connectivity index (χ0n) is 12.1. The van der Waals surface area contributed by atoms with Gasteiger partial charge in [-0.05, 0) is 25.0 Å². The molecule has 0 radical (unpaired) electrons. The molecule has 2 unspecified atom stereocenters. The lowest BCUT2D eigenvalue weighted by atomic mass is 10.1. The van der Waals surface area contributed by atoms with E-state index in [0.29, 0.717) is 12.1 Å². The smallest absolute Gasteiger partial charge is 0.316 e. The molecule has 1 aromatic carbocycles. The number of carboxylic acid groups (broad SMARTS) is 1. The van der Waals surface area contributed by atoms with Gasteiger partial charge in [-0.1, -0.05) is 32.9 Å². The van der Waals surface area contributed by atoms with Crippen molar-refractivity contribution in [2.75, 3.05) is 5.32 Å². The second kappa shape index (κ2) is 7.94. The summed E-state index contributed by atoms with van der Waals surface area (Å²) in [5.41, 5.74) is 0.683. The monoisotopic (exact) mass is 295 g/mol. The fourth-order valence-electron chi connectivity index (χ4n) is 1.58. The number of benzene rings is 1. The van der Waals surface area contributed by atoms with Crippen molar-refractivity contribution in [2.24, 2.45) is 5.92 Å². The molecular formula is C15H21NO3S. The number of amides is 1. The molecular weight excluding hydrogens is 274 g/mol. The normalized spacial score (nSPS) is 13.6. The summed E-state index contributed by atoms with van der Waals surface area (Å²) in [5, 5.41) is 11.5. The maximum absolute atomic E-state index is 11.9. The molecule has 0 saturated heterocycles. The van der Waals surface area contributed by atoms with Crippen LogP contribution in [0.2, 0.25) is 0 Å². The first-order valence-corrected chi connectivity index (χ1v) is 7.66. The maximum Gasteiger partial charge on any atom is 0.316 e. The van der Waals surface area contributed by atoms with Crippen molar-refractivity contribution in [2.45, 2.75) is 43.8 Å². The zero-order valence-corrected chi connectivity index (χ0v) is 12.9. The van der Waals surface area contributed by atoms with Crippen LogP contribution in [0.5, 0.6) is 0 Å². The molecule has 0 bridgehead atoms. The van der Waals surface area contributed by atoms with Crippen LogP contribution in [0.25, 0.3) is 0 Å². The number of hydrogen-bond donors (Lipinski definition) is 2. The second-order valence-corrected chi connectivity index (χ2v) is 5.89. The highest BCUT2D eigenvalue weighted by molar-refractivity contribution is 8.00. The van der Waals surface area contributed by atoms with E-state index in [1.165, 1.54) is 11.8 Å². The molecule has 0 aliphatic heterocycles. The minimum atomic E-state index is -0.833. The van der Waals surface area contributed by atoms with Gasteiger partial charge in [0.05, 0.1) is 5.69 Å². The van der Waals surface area contributed by atoms with E-state index in [1.54, 1.807) is 6.07 Å². The first-order chi connectivity index (χ1) is 9.49. The minimum absolute atomic E-state index is 0.0380. The summed E-state index contributed by atoms with van der Waals surface area (Å²) < 4.78 is 0. The third kappa shape index (κ3) is 4.56. The molecule has 0 heterocycles. The van der Waals surface area contributed by atoms with Gasteiger partial charge in [-0.3, -0.25) is 9.59 Å². The van der Waals surface area contributed by atoms with Gasteiger partial charge in [-0.25, -0.2) is 0 Å². The summed E-state index contributed by atoms with van der Waals surface area (Å²) >= 11 is 1.27.